The Hall–Kier alpha value is -0.780. The second-order valence-electron chi connectivity index (χ2n) is 6.32. The number of nitrogens with zero attached hydrogens (tertiary/aromatic N) is 1. The molecule has 0 aliphatic heterocycles. The van der Waals surface area contributed by atoms with Crippen molar-refractivity contribution in [1.82, 2.24) is 4.98 Å². The van der Waals surface area contributed by atoms with Gasteiger partial charge in [-0.05, 0) is 65.9 Å². The van der Waals surface area contributed by atoms with Crippen LogP contribution in [-0.4, -0.2) is 11.0 Å². The average Bonchev–Trinajstić information content (AvgIpc) is 3.02. The van der Waals surface area contributed by atoms with Crippen LogP contribution in [0.1, 0.15) is 38.2 Å². The molecule has 6 heteroatoms. The van der Waals surface area contributed by atoms with E-state index in [2.05, 4.69) is 26.2 Å². The molecule has 0 radical (unpaired) electrons. The number of aromatic nitrogens is 1. The number of halogens is 4. The zero-order chi connectivity index (χ0) is 15.2. The Kier molecular flexibility index (Phi) is 3.93. The summed E-state index contributed by atoms with van der Waals surface area (Å²) in [6, 6.07) is 1.11. The summed E-state index contributed by atoms with van der Waals surface area (Å²) in [6.07, 6.45) is 1.91. The molecule has 2 nitrogen and oxygen atoms in total. The third-order valence-electron chi connectivity index (χ3n) is 4.96. The van der Waals surface area contributed by atoms with Crippen molar-refractivity contribution in [3.05, 3.63) is 22.3 Å². The minimum absolute atomic E-state index is 0.0232. The summed E-state index contributed by atoms with van der Waals surface area (Å²) in [6.45, 7) is 1.98. The second-order valence-corrected chi connectivity index (χ2v) is 7.23. The molecule has 2 aliphatic carbocycles. The Morgan fingerprint density at radius 2 is 2.10 bits per heavy atom. The Balaban J connectivity index is 1.78. The molecule has 4 atom stereocenters. The van der Waals surface area contributed by atoms with Gasteiger partial charge >= 0.3 is 6.18 Å². The van der Waals surface area contributed by atoms with Gasteiger partial charge in [-0.3, -0.25) is 0 Å². The molecule has 1 N–H and O–H groups in total. The second kappa shape index (κ2) is 5.45. The predicted octanol–water partition coefficient (Wildman–Crippen LogP) is 5.10. The van der Waals surface area contributed by atoms with Crippen molar-refractivity contribution in [2.45, 2.75) is 44.8 Å². The monoisotopic (exact) mass is 362 g/mol. The van der Waals surface area contributed by atoms with E-state index in [1.54, 1.807) is 0 Å². The van der Waals surface area contributed by atoms with Crippen LogP contribution in [0, 0.1) is 17.8 Å². The Bertz CT molecular complexity index is 532. The van der Waals surface area contributed by atoms with E-state index in [0.29, 0.717) is 16.3 Å². The van der Waals surface area contributed by atoms with Crippen LogP contribution in [0.15, 0.2) is 16.7 Å². The van der Waals surface area contributed by atoms with Crippen molar-refractivity contribution >= 4 is 21.7 Å². The average molecular weight is 363 g/mol. The Morgan fingerprint density at radius 1 is 1.33 bits per heavy atom. The summed E-state index contributed by atoms with van der Waals surface area (Å²) in [7, 11) is 0. The molecule has 0 saturated heterocycles. The maximum absolute atomic E-state index is 13.1. The predicted molar refractivity (Wildman–Crippen MR) is 79.0 cm³/mol. The highest BCUT2D eigenvalue weighted by Crippen LogP contribution is 2.50. The van der Waals surface area contributed by atoms with Gasteiger partial charge in [0.05, 0.1) is 5.56 Å². The standard InChI is InChI=1S/C15H18BrF3N2/c1-8(12-5-9-2-3-10(12)4-9)21-14-13(15(17,18)19)6-11(16)7-20-14/h6-10,12H,2-5H2,1H3,(H,20,21). The van der Waals surface area contributed by atoms with Gasteiger partial charge in [0.15, 0.2) is 0 Å². The fourth-order valence-corrected chi connectivity index (χ4v) is 4.33. The quantitative estimate of drug-likeness (QED) is 0.808. The summed E-state index contributed by atoms with van der Waals surface area (Å²) < 4.78 is 39.7. The molecule has 21 heavy (non-hydrogen) atoms. The molecule has 3 rings (SSSR count). The lowest BCUT2D eigenvalue weighted by atomic mass is 9.84. The zero-order valence-electron chi connectivity index (χ0n) is 11.8. The molecular weight excluding hydrogens is 345 g/mol. The minimum atomic E-state index is -4.40. The van der Waals surface area contributed by atoms with E-state index in [-0.39, 0.29) is 11.9 Å². The topological polar surface area (TPSA) is 24.9 Å². The number of alkyl halides is 3. The molecule has 4 unspecified atom stereocenters. The van der Waals surface area contributed by atoms with Crippen LogP contribution in [0.4, 0.5) is 19.0 Å². The molecule has 0 spiro atoms. The van der Waals surface area contributed by atoms with Crippen molar-refractivity contribution < 1.29 is 13.2 Å². The lowest BCUT2D eigenvalue weighted by Crippen LogP contribution is -2.31. The molecule has 116 valence electrons. The van der Waals surface area contributed by atoms with Crippen LogP contribution in [0.25, 0.3) is 0 Å². The fourth-order valence-electron chi connectivity index (χ4n) is 4.00. The highest BCUT2D eigenvalue weighted by Gasteiger charge is 2.42. The van der Waals surface area contributed by atoms with Gasteiger partial charge in [0.25, 0.3) is 0 Å². The molecule has 1 aromatic rings. The van der Waals surface area contributed by atoms with Crippen LogP contribution in [0.2, 0.25) is 0 Å². The van der Waals surface area contributed by atoms with Crippen LogP contribution in [0.3, 0.4) is 0 Å². The molecular formula is C15H18BrF3N2. The number of hydrogen-bond donors (Lipinski definition) is 1. The summed E-state index contributed by atoms with van der Waals surface area (Å²) in [5.74, 6) is 1.86. The molecule has 2 saturated carbocycles. The summed E-state index contributed by atoms with van der Waals surface area (Å²) >= 11 is 3.06. The largest absolute Gasteiger partial charge is 0.419 e. The normalized spacial score (nSPS) is 29.7. The van der Waals surface area contributed by atoms with Crippen molar-refractivity contribution in [3.63, 3.8) is 0 Å². The summed E-state index contributed by atoms with van der Waals surface area (Å²) in [5.41, 5.74) is -0.702. The van der Waals surface area contributed by atoms with Gasteiger partial charge in [-0.1, -0.05) is 6.42 Å². The van der Waals surface area contributed by atoms with Crippen molar-refractivity contribution in [2.24, 2.45) is 17.8 Å². The first kappa shape index (κ1) is 15.1. The number of nitrogens with one attached hydrogen (secondary N) is 1. The lowest BCUT2D eigenvalue weighted by Gasteiger charge is -2.29. The maximum atomic E-state index is 13.1. The molecule has 1 heterocycles. The van der Waals surface area contributed by atoms with Gasteiger partial charge in [0.2, 0.25) is 0 Å². The highest BCUT2D eigenvalue weighted by molar-refractivity contribution is 9.10. The van der Waals surface area contributed by atoms with E-state index in [9.17, 15) is 13.2 Å². The first-order chi connectivity index (χ1) is 9.84. The molecule has 2 aliphatic rings. The van der Waals surface area contributed by atoms with Crippen molar-refractivity contribution in [3.8, 4) is 0 Å². The van der Waals surface area contributed by atoms with E-state index in [0.717, 1.165) is 18.4 Å². The summed E-state index contributed by atoms with van der Waals surface area (Å²) in [4.78, 5) is 3.94. The molecule has 2 bridgehead atoms. The van der Waals surface area contributed by atoms with E-state index < -0.39 is 11.7 Å². The van der Waals surface area contributed by atoms with Gasteiger partial charge < -0.3 is 5.32 Å². The first-order valence-corrected chi connectivity index (χ1v) is 8.13. The maximum Gasteiger partial charge on any atom is 0.419 e. The zero-order valence-corrected chi connectivity index (χ0v) is 13.3. The van der Waals surface area contributed by atoms with Crippen LogP contribution in [-0.2, 0) is 6.18 Å². The lowest BCUT2D eigenvalue weighted by molar-refractivity contribution is -0.137. The van der Waals surface area contributed by atoms with Crippen molar-refractivity contribution in [1.29, 1.82) is 0 Å². The molecule has 2 fully saturated rings. The van der Waals surface area contributed by atoms with E-state index in [1.165, 1.54) is 25.5 Å². The molecule has 1 aromatic heterocycles. The highest BCUT2D eigenvalue weighted by atomic mass is 79.9. The Labute approximate surface area is 130 Å². The number of rotatable bonds is 3. The van der Waals surface area contributed by atoms with Gasteiger partial charge in [-0.15, -0.1) is 0 Å². The SMILES string of the molecule is CC(Nc1ncc(Br)cc1C(F)(F)F)C1CC2CCC1C2. The molecule has 0 aromatic carbocycles. The number of hydrogen-bond acceptors (Lipinski definition) is 2. The van der Waals surface area contributed by atoms with Gasteiger partial charge in [0.1, 0.15) is 5.82 Å². The summed E-state index contributed by atoms with van der Waals surface area (Å²) in [5, 5.41) is 3.02. The number of anilines is 1. The number of pyridine rings is 1. The van der Waals surface area contributed by atoms with Crippen LogP contribution < -0.4 is 5.32 Å². The first-order valence-electron chi connectivity index (χ1n) is 7.34. The Morgan fingerprint density at radius 3 is 2.67 bits per heavy atom. The fraction of sp³-hybridized carbons (Fsp3) is 0.667. The molecule has 0 amide bonds. The van der Waals surface area contributed by atoms with Gasteiger partial charge in [-0.2, -0.15) is 13.2 Å². The third kappa shape index (κ3) is 3.05. The van der Waals surface area contributed by atoms with E-state index in [1.807, 2.05) is 6.92 Å². The van der Waals surface area contributed by atoms with Crippen molar-refractivity contribution in [2.75, 3.05) is 5.32 Å². The van der Waals surface area contributed by atoms with Gasteiger partial charge in [-0.25, -0.2) is 4.98 Å². The third-order valence-corrected chi connectivity index (χ3v) is 5.39. The number of fused-ring (bicyclic) bond motifs is 2. The van der Waals surface area contributed by atoms with E-state index in [4.69, 9.17) is 0 Å². The van der Waals surface area contributed by atoms with E-state index >= 15 is 0 Å². The van der Waals surface area contributed by atoms with Crippen LogP contribution in [0.5, 0.6) is 0 Å². The van der Waals surface area contributed by atoms with Crippen LogP contribution >= 0.6 is 15.9 Å². The van der Waals surface area contributed by atoms with Gasteiger partial charge in [0, 0.05) is 16.7 Å². The minimum Gasteiger partial charge on any atom is -0.367 e. The smallest absolute Gasteiger partial charge is 0.367 e.